The van der Waals surface area contributed by atoms with Gasteiger partial charge >= 0.3 is 0 Å². The van der Waals surface area contributed by atoms with Crippen LogP contribution in [0.3, 0.4) is 0 Å². The Hall–Kier alpha value is -1.76. The molecule has 1 aromatic carbocycles. The Morgan fingerprint density at radius 1 is 1.44 bits per heavy atom. The zero-order valence-electron chi connectivity index (χ0n) is 10.2. The summed E-state index contributed by atoms with van der Waals surface area (Å²) in [7, 11) is 3.23. The third-order valence-corrected chi connectivity index (χ3v) is 3.31. The van der Waals surface area contributed by atoms with Crippen molar-refractivity contribution in [1.29, 1.82) is 0 Å². The first kappa shape index (κ1) is 14.3. The van der Waals surface area contributed by atoms with Gasteiger partial charge in [-0.2, -0.15) is 0 Å². The number of amides is 1. The van der Waals surface area contributed by atoms with E-state index in [9.17, 15) is 14.9 Å². The molecule has 98 valence electrons. The summed E-state index contributed by atoms with van der Waals surface area (Å²) in [5.41, 5.74) is 1.48. The molecule has 0 saturated heterocycles. The summed E-state index contributed by atoms with van der Waals surface area (Å²) in [6.07, 6.45) is 0. The highest BCUT2D eigenvalue weighted by Gasteiger charge is 2.12. The fourth-order valence-corrected chi connectivity index (χ4v) is 2.21. The van der Waals surface area contributed by atoms with Gasteiger partial charge in [-0.1, -0.05) is 6.07 Å². The Labute approximate surface area is 109 Å². The van der Waals surface area contributed by atoms with Crippen LogP contribution in [0, 0.1) is 10.1 Å². The van der Waals surface area contributed by atoms with E-state index in [0.29, 0.717) is 17.2 Å². The number of rotatable bonds is 6. The molecule has 0 bridgehead atoms. The summed E-state index contributed by atoms with van der Waals surface area (Å²) in [6.45, 7) is 0. The van der Waals surface area contributed by atoms with Gasteiger partial charge in [-0.15, -0.1) is 11.8 Å². The molecule has 0 aromatic heterocycles. The molecule has 0 radical (unpaired) electrons. The molecule has 18 heavy (non-hydrogen) atoms. The molecular formula is C11H15N3O3S. The van der Waals surface area contributed by atoms with Crippen LogP contribution < -0.4 is 10.6 Å². The summed E-state index contributed by atoms with van der Waals surface area (Å²) in [4.78, 5) is 21.4. The van der Waals surface area contributed by atoms with Crippen molar-refractivity contribution in [2.24, 2.45) is 0 Å². The molecule has 0 unspecified atom stereocenters. The third-order valence-electron chi connectivity index (χ3n) is 2.31. The second kappa shape index (κ2) is 6.85. The number of carbonyl (C=O) groups excluding carboxylic acids is 1. The molecule has 7 heteroatoms. The van der Waals surface area contributed by atoms with Gasteiger partial charge in [0.05, 0.1) is 10.7 Å². The Morgan fingerprint density at radius 3 is 2.72 bits per heavy atom. The van der Waals surface area contributed by atoms with Gasteiger partial charge in [-0.05, 0) is 11.6 Å². The number of benzene rings is 1. The average molecular weight is 269 g/mol. The number of nitrogens with zero attached hydrogens (tertiary/aromatic N) is 1. The maximum absolute atomic E-state index is 11.0. The van der Waals surface area contributed by atoms with Gasteiger partial charge in [-0.25, -0.2) is 0 Å². The molecule has 1 aromatic rings. The lowest BCUT2D eigenvalue weighted by Crippen LogP contribution is -2.19. The Morgan fingerprint density at radius 2 is 2.17 bits per heavy atom. The highest BCUT2D eigenvalue weighted by Crippen LogP contribution is 2.26. The molecule has 0 saturated carbocycles. The van der Waals surface area contributed by atoms with Crippen molar-refractivity contribution in [1.82, 2.24) is 5.32 Å². The topological polar surface area (TPSA) is 84.3 Å². The maximum atomic E-state index is 11.0. The van der Waals surface area contributed by atoms with Crippen molar-refractivity contribution < 1.29 is 9.72 Å². The quantitative estimate of drug-likeness (QED) is 0.605. The first-order chi connectivity index (χ1) is 8.58. The summed E-state index contributed by atoms with van der Waals surface area (Å²) in [5, 5.41) is 16.1. The third kappa shape index (κ3) is 3.92. The van der Waals surface area contributed by atoms with E-state index in [1.54, 1.807) is 26.2 Å². The van der Waals surface area contributed by atoms with Gasteiger partial charge in [0, 0.05) is 25.9 Å². The van der Waals surface area contributed by atoms with E-state index in [4.69, 9.17) is 0 Å². The highest BCUT2D eigenvalue weighted by molar-refractivity contribution is 7.99. The number of carbonyl (C=O) groups is 1. The van der Waals surface area contributed by atoms with E-state index < -0.39 is 4.92 Å². The van der Waals surface area contributed by atoms with E-state index in [0.717, 1.165) is 5.56 Å². The number of nitrogens with one attached hydrogen (secondary N) is 2. The standard InChI is InChI=1S/C11H15N3O3S/c1-12-9-5-8(3-4-10(9)14(16)17)6-18-7-11(15)13-2/h3-5,12H,6-7H2,1-2H3,(H,13,15). The highest BCUT2D eigenvalue weighted by atomic mass is 32.2. The van der Waals surface area contributed by atoms with Crippen LogP contribution in [0.25, 0.3) is 0 Å². The number of thioether (sulfide) groups is 1. The van der Waals surface area contributed by atoms with Crippen molar-refractivity contribution in [3.8, 4) is 0 Å². The van der Waals surface area contributed by atoms with E-state index in [1.807, 2.05) is 0 Å². The van der Waals surface area contributed by atoms with Crippen molar-refractivity contribution in [3.63, 3.8) is 0 Å². The molecule has 6 nitrogen and oxygen atoms in total. The second-order valence-electron chi connectivity index (χ2n) is 3.52. The van der Waals surface area contributed by atoms with Crippen LogP contribution in [0.2, 0.25) is 0 Å². The van der Waals surface area contributed by atoms with Crippen molar-refractivity contribution in [2.75, 3.05) is 25.2 Å². The summed E-state index contributed by atoms with van der Waals surface area (Å²) in [6, 6.07) is 4.91. The average Bonchev–Trinajstić information content (AvgIpc) is 2.37. The molecule has 0 spiro atoms. The van der Waals surface area contributed by atoms with Crippen molar-refractivity contribution in [2.45, 2.75) is 5.75 Å². The minimum atomic E-state index is -0.423. The summed E-state index contributed by atoms with van der Waals surface area (Å²) in [5.74, 6) is 0.985. The largest absolute Gasteiger partial charge is 0.383 e. The molecular weight excluding hydrogens is 254 g/mol. The Bertz CT molecular complexity index is 451. The molecule has 0 heterocycles. The van der Waals surface area contributed by atoms with Gasteiger partial charge in [0.1, 0.15) is 5.69 Å². The van der Waals surface area contributed by atoms with Gasteiger partial charge in [0.2, 0.25) is 5.91 Å². The predicted molar refractivity (Wildman–Crippen MR) is 72.9 cm³/mol. The van der Waals surface area contributed by atoms with Crippen molar-refractivity contribution >= 4 is 29.0 Å². The molecule has 0 fully saturated rings. The molecule has 2 N–H and O–H groups in total. The van der Waals surface area contributed by atoms with Gasteiger partial charge in [0.25, 0.3) is 5.69 Å². The predicted octanol–water partition coefficient (Wildman–Crippen LogP) is 1.62. The molecule has 0 aliphatic carbocycles. The molecule has 0 atom stereocenters. The van der Waals surface area contributed by atoms with Crippen LogP contribution in [0.5, 0.6) is 0 Å². The summed E-state index contributed by atoms with van der Waals surface area (Å²) >= 11 is 1.46. The van der Waals surface area contributed by atoms with E-state index in [-0.39, 0.29) is 11.6 Å². The van der Waals surface area contributed by atoms with Gasteiger partial charge in [-0.3, -0.25) is 14.9 Å². The molecule has 1 amide bonds. The van der Waals surface area contributed by atoms with E-state index >= 15 is 0 Å². The van der Waals surface area contributed by atoms with Crippen LogP contribution >= 0.6 is 11.8 Å². The van der Waals surface area contributed by atoms with E-state index in [1.165, 1.54) is 17.8 Å². The minimum Gasteiger partial charge on any atom is -0.383 e. The number of hydrogen-bond donors (Lipinski definition) is 2. The lowest BCUT2D eigenvalue weighted by molar-refractivity contribution is -0.383. The van der Waals surface area contributed by atoms with Crippen LogP contribution in [0.1, 0.15) is 5.56 Å². The SMILES string of the molecule is CNC(=O)CSCc1ccc([N+](=O)[O-])c(NC)c1. The fourth-order valence-electron chi connectivity index (χ4n) is 1.37. The zero-order valence-corrected chi connectivity index (χ0v) is 11.0. The van der Waals surface area contributed by atoms with Gasteiger partial charge < -0.3 is 10.6 Å². The Balaban J connectivity index is 2.68. The molecule has 1 rings (SSSR count). The van der Waals surface area contributed by atoms with E-state index in [2.05, 4.69) is 10.6 Å². The normalized spacial score (nSPS) is 9.89. The zero-order chi connectivity index (χ0) is 13.5. The smallest absolute Gasteiger partial charge is 0.292 e. The number of anilines is 1. The molecule has 0 aliphatic rings. The van der Waals surface area contributed by atoms with Crippen molar-refractivity contribution in [3.05, 3.63) is 33.9 Å². The summed E-state index contributed by atoms with van der Waals surface area (Å²) < 4.78 is 0. The fraction of sp³-hybridized carbons (Fsp3) is 0.364. The number of nitro groups is 1. The Kier molecular flexibility index (Phi) is 5.44. The first-order valence-electron chi connectivity index (χ1n) is 5.32. The minimum absolute atomic E-state index is 0.0317. The lowest BCUT2D eigenvalue weighted by atomic mass is 10.2. The maximum Gasteiger partial charge on any atom is 0.292 e. The van der Waals surface area contributed by atoms with Crippen LogP contribution in [0.15, 0.2) is 18.2 Å². The lowest BCUT2D eigenvalue weighted by Gasteiger charge is -2.05. The van der Waals surface area contributed by atoms with Crippen LogP contribution in [-0.4, -0.2) is 30.7 Å². The van der Waals surface area contributed by atoms with Crippen LogP contribution in [0.4, 0.5) is 11.4 Å². The monoisotopic (exact) mass is 269 g/mol. The second-order valence-corrected chi connectivity index (χ2v) is 4.51. The molecule has 0 aliphatic heterocycles. The number of nitro benzene ring substituents is 1. The van der Waals surface area contributed by atoms with Gasteiger partial charge in [0.15, 0.2) is 0 Å². The van der Waals surface area contributed by atoms with Crippen LogP contribution in [-0.2, 0) is 10.5 Å². The first-order valence-corrected chi connectivity index (χ1v) is 6.47. The number of hydrogen-bond acceptors (Lipinski definition) is 5.